The topological polar surface area (TPSA) is 53.5 Å². The van der Waals surface area contributed by atoms with Crippen molar-refractivity contribution in [2.75, 3.05) is 26.4 Å². The molecule has 172 valence electrons. The van der Waals surface area contributed by atoms with E-state index in [0.29, 0.717) is 18.3 Å². The molecule has 1 atom stereocenters. The zero-order valence-electron chi connectivity index (χ0n) is 19.6. The molecule has 0 aliphatic carbocycles. The van der Waals surface area contributed by atoms with Gasteiger partial charge in [0.05, 0.1) is 32.2 Å². The molecule has 0 amide bonds. The summed E-state index contributed by atoms with van der Waals surface area (Å²) in [6.07, 6.45) is 13.3. The molecule has 0 aliphatic heterocycles. The van der Waals surface area contributed by atoms with E-state index in [0.717, 1.165) is 56.1 Å². The molecule has 0 fully saturated rings. The van der Waals surface area contributed by atoms with E-state index in [1.54, 1.807) is 12.4 Å². The van der Waals surface area contributed by atoms with Crippen molar-refractivity contribution in [3.8, 4) is 22.9 Å². The molecule has 31 heavy (non-hydrogen) atoms. The van der Waals surface area contributed by atoms with Gasteiger partial charge in [-0.2, -0.15) is 0 Å². The first kappa shape index (κ1) is 25.1. The molecule has 0 saturated heterocycles. The summed E-state index contributed by atoms with van der Waals surface area (Å²) < 4.78 is 17.3. The molecule has 5 heteroatoms. The Labute approximate surface area is 188 Å². The Balaban J connectivity index is 1.69. The van der Waals surface area contributed by atoms with Crippen LogP contribution in [0.5, 0.6) is 11.5 Å². The van der Waals surface area contributed by atoms with Gasteiger partial charge in [-0.25, -0.2) is 9.97 Å². The van der Waals surface area contributed by atoms with Gasteiger partial charge in [-0.15, -0.1) is 0 Å². The number of hydrogen-bond donors (Lipinski definition) is 0. The maximum atomic E-state index is 5.88. The third-order valence-electron chi connectivity index (χ3n) is 5.09. The molecule has 1 heterocycles. The normalized spacial score (nSPS) is 12.0. The zero-order valence-corrected chi connectivity index (χ0v) is 19.6. The fourth-order valence-corrected chi connectivity index (χ4v) is 3.13. The second-order valence-electron chi connectivity index (χ2n) is 8.23. The minimum Gasteiger partial charge on any atom is -0.493 e. The van der Waals surface area contributed by atoms with Crippen LogP contribution in [0.25, 0.3) is 11.4 Å². The number of hydrogen-bond acceptors (Lipinski definition) is 5. The van der Waals surface area contributed by atoms with E-state index in [1.807, 2.05) is 24.3 Å². The molecule has 0 radical (unpaired) electrons. The summed E-state index contributed by atoms with van der Waals surface area (Å²) in [5, 5.41) is 0. The fourth-order valence-electron chi connectivity index (χ4n) is 3.13. The van der Waals surface area contributed by atoms with Gasteiger partial charge in [0, 0.05) is 18.1 Å². The molecule has 0 spiro atoms. The van der Waals surface area contributed by atoms with Crippen molar-refractivity contribution in [2.45, 2.75) is 72.1 Å². The Morgan fingerprint density at radius 2 is 1.39 bits per heavy atom. The summed E-state index contributed by atoms with van der Waals surface area (Å²) in [6.45, 7) is 9.49. The summed E-state index contributed by atoms with van der Waals surface area (Å²) in [4.78, 5) is 8.90. The average molecular weight is 429 g/mol. The predicted octanol–water partition coefficient (Wildman–Crippen LogP) is 6.71. The first-order valence-electron chi connectivity index (χ1n) is 12.0. The van der Waals surface area contributed by atoms with Crippen LogP contribution in [0.1, 0.15) is 72.1 Å². The molecule has 0 aliphatic rings. The molecule has 1 aromatic carbocycles. The highest BCUT2D eigenvalue weighted by Crippen LogP contribution is 2.21. The number of unbranched alkanes of at least 4 members (excludes halogenated alkanes) is 6. The van der Waals surface area contributed by atoms with Crippen molar-refractivity contribution in [3.05, 3.63) is 36.7 Å². The van der Waals surface area contributed by atoms with E-state index in [9.17, 15) is 0 Å². The first-order valence-corrected chi connectivity index (χ1v) is 12.0. The Morgan fingerprint density at radius 3 is 2.10 bits per heavy atom. The monoisotopic (exact) mass is 428 g/mol. The minimum atomic E-state index is 0.365. The standard InChI is InChI=1S/C26H40N2O3/c1-4-6-8-9-10-11-17-30-25-18-27-26(28-19-25)23-12-14-24(15-13-23)31-21-22(3)20-29-16-7-5-2/h12-15,18-19,22H,4-11,16-17,20-21H2,1-3H3/t22-/m0/s1. The van der Waals surface area contributed by atoms with Crippen molar-refractivity contribution >= 4 is 0 Å². The molecule has 0 N–H and O–H groups in total. The summed E-state index contributed by atoms with van der Waals surface area (Å²) in [6, 6.07) is 7.91. The molecular formula is C26H40N2O3. The van der Waals surface area contributed by atoms with Crippen LogP contribution in [0.3, 0.4) is 0 Å². The van der Waals surface area contributed by atoms with Crippen LogP contribution in [-0.2, 0) is 4.74 Å². The Kier molecular flexibility index (Phi) is 12.7. The SMILES string of the molecule is CCCCCCCCOc1cnc(-c2ccc(OC[C@@H](C)COCCCC)cc2)nc1. The van der Waals surface area contributed by atoms with Crippen LogP contribution in [0.15, 0.2) is 36.7 Å². The van der Waals surface area contributed by atoms with Gasteiger partial charge < -0.3 is 14.2 Å². The van der Waals surface area contributed by atoms with E-state index >= 15 is 0 Å². The van der Waals surface area contributed by atoms with E-state index in [2.05, 4.69) is 30.7 Å². The molecule has 1 aromatic heterocycles. The van der Waals surface area contributed by atoms with Gasteiger partial charge in [0.25, 0.3) is 0 Å². The fraction of sp³-hybridized carbons (Fsp3) is 0.615. The van der Waals surface area contributed by atoms with Crippen LogP contribution in [0, 0.1) is 5.92 Å². The van der Waals surface area contributed by atoms with Crippen LogP contribution in [0.2, 0.25) is 0 Å². The second-order valence-corrected chi connectivity index (χ2v) is 8.23. The lowest BCUT2D eigenvalue weighted by atomic mass is 10.1. The third-order valence-corrected chi connectivity index (χ3v) is 5.09. The van der Waals surface area contributed by atoms with Gasteiger partial charge in [-0.1, -0.05) is 59.3 Å². The van der Waals surface area contributed by atoms with Crippen LogP contribution in [-0.4, -0.2) is 36.4 Å². The van der Waals surface area contributed by atoms with Crippen molar-refractivity contribution < 1.29 is 14.2 Å². The average Bonchev–Trinajstić information content (AvgIpc) is 2.81. The lowest BCUT2D eigenvalue weighted by Gasteiger charge is -2.13. The van der Waals surface area contributed by atoms with Gasteiger partial charge >= 0.3 is 0 Å². The van der Waals surface area contributed by atoms with Crippen molar-refractivity contribution in [3.63, 3.8) is 0 Å². The molecular weight excluding hydrogens is 388 g/mol. The summed E-state index contributed by atoms with van der Waals surface area (Å²) in [7, 11) is 0. The third kappa shape index (κ3) is 10.6. The van der Waals surface area contributed by atoms with Crippen LogP contribution < -0.4 is 9.47 Å². The summed E-state index contributed by atoms with van der Waals surface area (Å²) in [5.74, 6) is 2.63. The minimum absolute atomic E-state index is 0.365. The largest absolute Gasteiger partial charge is 0.493 e. The number of benzene rings is 1. The van der Waals surface area contributed by atoms with E-state index in [1.165, 1.54) is 32.1 Å². The van der Waals surface area contributed by atoms with Gasteiger partial charge in [0.2, 0.25) is 0 Å². The lowest BCUT2D eigenvalue weighted by Crippen LogP contribution is -2.15. The number of rotatable bonds is 17. The highest BCUT2D eigenvalue weighted by molar-refractivity contribution is 5.56. The number of ether oxygens (including phenoxy) is 3. The number of nitrogens with zero attached hydrogens (tertiary/aromatic N) is 2. The van der Waals surface area contributed by atoms with Crippen molar-refractivity contribution in [1.82, 2.24) is 9.97 Å². The molecule has 0 saturated carbocycles. The predicted molar refractivity (Wildman–Crippen MR) is 127 cm³/mol. The maximum Gasteiger partial charge on any atom is 0.159 e. The van der Waals surface area contributed by atoms with Crippen molar-refractivity contribution in [1.29, 1.82) is 0 Å². The highest BCUT2D eigenvalue weighted by Gasteiger charge is 2.06. The van der Waals surface area contributed by atoms with Crippen LogP contribution in [0.4, 0.5) is 0 Å². The zero-order chi connectivity index (χ0) is 22.2. The van der Waals surface area contributed by atoms with Gasteiger partial charge in [-0.05, 0) is 37.1 Å². The summed E-state index contributed by atoms with van der Waals surface area (Å²) >= 11 is 0. The maximum absolute atomic E-state index is 5.88. The Hall–Kier alpha value is -2.14. The molecule has 2 rings (SSSR count). The van der Waals surface area contributed by atoms with E-state index in [-0.39, 0.29) is 0 Å². The highest BCUT2D eigenvalue weighted by atomic mass is 16.5. The van der Waals surface area contributed by atoms with Gasteiger partial charge in [0.1, 0.15) is 5.75 Å². The van der Waals surface area contributed by atoms with Crippen LogP contribution >= 0.6 is 0 Å². The van der Waals surface area contributed by atoms with Gasteiger partial charge in [0.15, 0.2) is 11.6 Å². The Morgan fingerprint density at radius 1 is 0.710 bits per heavy atom. The van der Waals surface area contributed by atoms with E-state index < -0.39 is 0 Å². The second kappa shape index (κ2) is 15.6. The first-order chi connectivity index (χ1) is 15.2. The lowest BCUT2D eigenvalue weighted by molar-refractivity contribution is 0.0831. The van der Waals surface area contributed by atoms with Crippen molar-refractivity contribution in [2.24, 2.45) is 5.92 Å². The quantitative estimate of drug-likeness (QED) is 0.262. The smallest absolute Gasteiger partial charge is 0.159 e. The molecule has 0 bridgehead atoms. The molecule has 5 nitrogen and oxygen atoms in total. The molecule has 0 unspecified atom stereocenters. The summed E-state index contributed by atoms with van der Waals surface area (Å²) in [5.41, 5.74) is 0.964. The van der Waals surface area contributed by atoms with E-state index in [4.69, 9.17) is 14.2 Å². The molecule has 2 aromatic rings. The van der Waals surface area contributed by atoms with Gasteiger partial charge in [-0.3, -0.25) is 0 Å². The Bertz CT molecular complexity index is 689. The number of aromatic nitrogens is 2.